The number of amides is 1. The Morgan fingerprint density at radius 2 is 1.83 bits per heavy atom. The Morgan fingerprint density at radius 3 is 2.48 bits per heavy atom. The molecular weight excluding hydrogens is 377 g/mol. The number of furan rings is 1. The Hall–Kier alpha value is -3.87. The number of hydrogen-bond acceptors (Lipinski definition) is 5. The number of phenolic OH excluding ortho intramolecular Hbond substituents is 1. The van der Waals surface area contributed by atoms with E-state index in [1.54, 1.807) is 24.3 Å². The second kappa shape index (κ2) is 7.27. The SMILES string of the molecule is O=C1C(=O)N(Cc2ccco2)C(c2cccc(O)c2)/C1=C(\O)c1ccc(F)cc1. The zero-order chi connectivity index (χ0) is 20.5. The number of halogens is 1. The van der Waals surface area contributed by atoms with Crippen LogP contribution in [0.4, 0.5) is 4.39 Å². The van der Waals surface area contributed by atoms with Gasteiger partial charge in [-0.25, -0.2) is 4.39 Å². The standard InChI is InChI=1S/C22H16FNO5/c23-15-8-6-13(7-9-15)20(26)18-19(14-3-1-4-16(25)11-14)24(22(28)21(18)27)12-17-5-2-10-29-17/h1-11,19,25-26H,12H2/b20-18+. The number of nitrogens with zero attached hydrogens (tertiary/aromatic N) is 1. The van der Waals surface area contributed by atoms with Crippen LogP contribution in [0.15, 0.2) is 76.9 Å². The average molecular weight is 393 g/mol. The first-order chi connectivity index (χ1) is 14.0. The summed E-state index contributed by atoms with van der Waals surface area (Å²) in [5.41, 5.74) is 0.505. The molecule has 1 unspecified atom stereocenters. The van der Waals surface area contributed by atoms with Gasteiger partial charge in [-0.05, 0) is 54.1 Å². The van der Waals surface area contributed by atoms with Crippen LogP contribution in [0.25, 0.3) is 5.76 Å². The molecule has 7 heteroatoms. The quantitative estimate of drug-likeness (QED) is 0.400. The lowest BCUT2D eigenvalue weighted by atomic mass is 9.95. The molecule has 4 rings (SSSR count). The van der Waals surface area contributed by atoms with Crippen molar-refractivity contribution >= 4 is 17.4 Å². The van der Waals surface area contributed by atoms with Crippen LogP contribution in [0.5, 0.6) is 5.75 Å². The lowest BCUT2D eigenvalue weighted by Crippen LogP contribution is -2.29. The molecule has 0 spiro atoms. The van der Waals surface area contributed by atoms with E-state index in [1.165, 1.54) is 35.4 Å². The van der Waals surface area contributed by atoms with E-state index in [0.717, 1.165) is 12.1 Å². The van der Waals surface area contributed by atoms with E-state index in [1.807, 2.05) is 0 Å². The number of ketones is 1. The first-order valence-corrected chi connectivity index (χ1v) is 8.81. The molecule has 2 aromatic carbocycles. The van der Waals surface area contributed by atoms with Gasteiger partial charge in [-0.2, -0.15) is 0 Å². The predicted molar refractivity (Wildman–Crippen MR) is 101 cm³/mol. The Balaban J connectivity index is 1.87. The first kappa shape index (κ1) is 18.5. The van der Waals surface area contributed by atoms with Gasteiger partial charge in [0.2, 0.25) is 0 Å². The van der Waals surface area contributed by atoms with E-state index >= 15 is 0 Å². The zero-order valence-corrected chi connectivity index (χ0v) is 15.1. The minimum Gasteiger partial charge on any atom is -0.508 e. The number of aromatic hydroxyl groups is 1. The predicted octanol–water partition coefficient (Wildman–Crippen LogP) is 3.75. The zero-order valence-electron chi connectivity index (χ0n) is 15.1. The Labute approximate surface area is 165 Å². The normalized spacial score (nSPS) is 18.4. The number of carbonyl (C=O) groups excluding carboxylic acids is 2. The molecule has 1 aliphatic rings. The van der Waals surface area contributed by atoms with Crippen molar-refractivity contribution in [2.24, 2.45) is 0 Å². The Kier molecular flexibility index (Phi) is 4.64. The molecule has 146 valence electrons. The highest BCUT2D eigenvalue weighted by atomic mass is 19.1. The summed E-state index contributed by atoms with van der Waals surface area (Å²) < 4.78 is 18.6. The number of aliphatic hydroxyl groups is 1. The van der Waals surface area contributed by atoms with Crippen LogP contribution in [-0.2, 0) is 16.1 Å². The molecule has 2 heterocycles. The largest absolute Gasteiger partial charge is 0.508 e. The molecule has 1 amide bonds. The highest BCUT2D eigenvalue weighted by Gasteiger charge is 2.46. The van der Waals surface area contributed by atoms with Gasteiger partial charge in [0, 0.05) is 5.56 Å². The van der Waals surface area contributed by atoms with Gasteiger partial charge in [0.1, 0.15) is 23.1 Å². The summed E-state index contributed by atoms with van der Waals surface area (Å²) in [6, 6.07) is 13.4. The number of benzene rings is 2. The summed E-state index contributed by atoms with van der Waals surface area (Å²) >= 11 is 0. The second-order valence-corrected chi connectivity index (χ2v) is 6.61. The highest BCUT2D eigenvalue weighted by Crippen LogP contribution is 2.41. The molecule has 0 bridgehead atoms. The summed E-state index contributed by atoms with van der Waals surface area (Å²) in [5, 5.41) is 20.7. The minimum absolute atomic E-state index is 0.00189. The number of carbonyl (C=O) groups is 2. The van der Waals surface area contributed by atoms with Crippen molar-refractivity contribution in [2.75, 3.05) is 0 Å². The summed E-state index contributed by atoms with van der Waals surface area (Å²) in [6.07, 6.45) is 1.45. The van der Waals surface area contributed by atoms with Crippen molar-refractivity contribution in [3.63, 3.8) is 0 Å². The van der Waals surface area contributed by atoms with Gasteiger partial charge in [-0.15, -0.1) is 0 Å². The van der Waals surface area contributed by atoms with E-state index in [9.17, 15) is 24.2 Å². The van der Waals surface area contributed by atoms with Crippen molar-refractivity contribution in [2.45, 2.75) is 12.6 Å². The third-order valence-electron chi connectivity index (χ3n) is 4.75. The minimum atomic E-state index is -0.947. The molecule has 0 radical (unpaired) electrons. The van der Waals surface area contributed by atoms with E-state index < -0.39 is 29.3 Å². The van der Waals surface area contributed by atoms with Crippen LogP contribution < -0.4 is 0 Å². The topological polar surface area (TPSA) is 91.0 Å². The third kappa shape index (κ3) is 3.38. The average Bonchev–Trinajstić information content (AvgIpc) is 3.30. The molecule has 0 aliphatic carbocycles. The Bertz CT molecular complexity index is 1100. The number of likely N-dealkylation sites (tertiary alicyclic amines) is 1. The summed E-state index contributed by atoms with van der Waals surface area (Å²) in [5.74, 6) is -2.18. The maximum atomic E-state index is 13.3. The smallest absolute Gasteiger partial charge is 0.296 e. The molecule has 1 atom stereocenters. The van der Waals surface area contributed by atoms with E-state index in [0.29, 0.717) is 11.3 Å². The molecule has 1 saturated heterocycles. The second-order valence-electron chi connectivity index (χ2n) is 6.61. The van der Waals surface area contributed by atoms with E-state index in [4.69, 9.17) is 4.42 Å². The maximum Gasteiger partial charge on any atom is 0.296 e. The summed E-state index contributed by atoms with van der Waals surface area (Å²) in [7, 11) is 0. The van der Waals surface area contributed by atoms with Gasteiger partial charge in [0.05, 0.1) is 24.4 Å². The van der Waals surface area contributed by atoms with Gasteiger partial charge in [0.15, 0.2) is 0 Å². The van der Waals surface area contributed by atoms with E-state index in [-0.39, 0.29) is 23.4 Å². The van der Waals surface area contributed by atoms with Gasteiger partial charge in [0.25, 0.3) is 11.7 Å². The Morgan fingerprint density at radius 1 is 1.07 bits per heavy atom. The molecule has 0 saturated carbocycles. The van der Waals surface area contributed by atoms with Crippen LogP contribution in [-0.4, -0.2) is 26.8 Å². The van der Waals surface area contributed by atoms with Crippen LogP contribution in [0, 0.1) is 5.82 Å². The highest BCUT2D eigenvalue weighted by molar-refractivity contribution is 6.46. The number of aliphatic hydroxyl groups excluding tert-OH is 1. The number of phenols is 1. The van der Waals surface area contributed by atoms with Crippen molar-refractivity contribution < 1.29 is 28.6 Å². The van der Waals surface area contributed by atoms with Gasteiger partial charge >= 0.3 is 0 Å². The lowest BCUT2D eigenvalue weighted by Gasteiger charge is -2.24. The molecular formula is C22H16FNO5. The van der Waals surface area contributed by atoms with Gasteiger partial charge in [-0.1, -0.05) is 12.1 Å². The van der Waals surface area contributed by atoms with Crippen LogP contribution in [0.3, 0.4) is 0 Å². The third-order valence-corrected chi connectivity index (χ3v) is 4.75. The van der Waals surface area contributed by atoms with Crippen LogP contribution in [0.2, 0.25) is 0 Å². The summed E-state index contributed by atoms with van der Waals surface area (Å²) in [6.45, 7) is -0.00189. The van der Waals surface area contributed by atoms with E-state index in [2.05, 4.69) is 0 Å². The van der Waals surface area contributed by atoms with Crippen molar-refractivity contribution in [3.8, 4) is 5.75 Å². The molecule has 1 aliphatic heterocycles. The van der Waals surface area contributed by atoms with Gasteiger partial charge < -0.3 is 19.5 Å². The lowest BCUT2D eigenvalue weighted by molar-refractivity contribution is -0.140. The maximum absolute atomic E-state index is 13.3. The number of Topliss-reactive ketones (excluding diaryl/α,β-unsaturated/α-hetero) is 1. The molecule has 6 nitrogen and oxygen atoms in total. The van der Waals surface area contributed by atoms with Crippen LogP contribution >= 0.6 is 0 Å². The van der Waals surface area contributed by atoms with Crippen LogP contribution in [0.1, 0.15) is 22.9 Å². The van der Waals surface area contributed by atoms with Gasteiger partial charge in [-0.3, -0.25) is 9.59 Å². The molecule has 2 N–H and O–H groups in total. The van der Waals surface area contributed by atoms with Crippen molar-refractivity contribution in [1.82, 2.24) is 4.90 Å². The fraction of sp³-hybridized carbons (Fsp3) is 0.0909. The number of rotatable bonds is 4. The monoisotopic (exact) mass is 393 g/mol. The molecule has 29 heavy (non-hydrogen) atoms. The number of hydrogen-bond donors (Lipinski definition) is 2. The van der Waals surface area contributed by atoms with Crippen molar-refractivity contribution in [3.05, 3.63) is 95.2 Å². The molecule has 1 aromatic heterocycles. The first-order valence-electron chi connectivity index (χ1n) is 8.81. The molecule has 3 aromatic rings. The fourth-order valence-electron chi connectivity index (χ4n) is 3.42. The fourth-order valence-corrected chi connectivity index (χ4v) is 3.42. The summed E-state index contributed by atoms with van der Waals surface area (Å²) in [4.78, 5) is 26.9. The molecule has 1 fully saturated rings. The van der Waals surface area contributed by atoms with Crippen molar-refractivity contribution in [1.29, 1.82) is 0 Å².